The van der Waals surface area contributed by atoms with E-state index < -0.39 is 5.56 Å². The SMILES string of the molecule is Cc1nn2c(=O)c(=Cc3ccc(-c4ccc(Br)cc4)o3)sc2nc1=O. The molecule has 0 aliphatic rings. The molecule has 0 N–H and O–H groups in total. The highest BCUT2D eigenvalue weighted by atomic mass is 79.9. The van der Waals surface area contributed by atoms with E-state index in [4.69, 9.17) is 4.42 Å². The van der Waals surface area contributed by atoms with E-state index in [1.165, 1.54) is 6.92 Å². The summed E-state index contributed by atoms with van der Waals surface area (Å²) in [7, 11) is 0. The Morgan fingerprint density at radius 3 is 2.68 bits per heavy atom. The largest absolute Gasteiger partial charge is 0.457 e. The number of hydrogen-bond acceptors (Lipinski definition) is 6. The third-order valence-corrected chi connectivity index (χ3v) is 5.06. The molecule has 8 heteroatoms. The van der Waals surface area contributed by atoms with Crippen LogP contribution in [0, 0.1) is 6.92 Å². The molecule has 0 atom stereocenters. The summed E-state index contributed by atoms with van der Waals surface area (Å²) >= 11 is 4.50. The second kappa shape index (κ2) is 6.05. The summed E-state index contributed by atoms with van der Waals surface area (Å²) in [5.41, 5.74) is 0.376. The van der Waals surface area contributed by atoms with Crippen molar-refractivity contribution < 1.29 is 4.42 Å². The molecule has 0 saturated heterocycles. The smallest absolute Gasteiger partial charge is 0.295 e. The summed E-state index contributed by atoms with van der Waals surface area (Å²) in [6, 6.07) is 11.4. The molecule has 0 saturated carbocycles. The monoisotopic (exact) mass is 415 g/mol. The number of nitrogens with zero attached hydrogens (tertiary/aromatic N) is 3. The molecule has 124 valence electrons. The highest BCUT2D eigenvalue weighted by molar-refractivity contribution is 9.10. The van der Waals surface area contributed by atoms with Gasteiger partial charge in [0.05, 0.1) is 0 Å². The molecule has 0 bridgehead atoms. The summed E-state index contributed by atoms with van der Waals surface area (Å²) in [4.78, 5) is 28.1. The second-order valence-electron chi connectivity index (χ2n) is 5.32. The van der Waals surface area contributed by atoms with E-state index in [1.807, 2.05) is 30.3 Å². The zero-order valence-electron chi connectivity index (χ0n) is 12.9. The van der Waals surface area contributed by atoms with Crippen LogP contribution in [0.15, 0.2) is 54.9 Å². The van der Waals surface area contributed by atoms with E-state index in [0.717, 1.165) is 25.9 Å². The summed E-state index contributed by atoms with van der Waals surface area (Å²) < 4.78 is 8.33. The van der Waals surface area contributed by atoms with E-state index in [0.29, 0.717) is 16.1 Å². The van der Waals surface area contributed by atoms with Gasteiger partial charge in [-0.15, -0.1) is 0 Å². The molecule has 4 aromatic rings. The summed E-state index contributed by atoms with van der Waals surface area (Å²) in [6.45, 7) is 1.53. The minimum absolute atomic E-state index is 0.189. The molecule has 0 aliphatic carbocycles. The molecule has 1 aromatic carbocycles. The van der Waals surface area contributed by atoms with Gasteiger partial charge in [-0.25, -0.2) is 0 Å². The maximum atomic E-state index is 12.4. The molecule has 6 nitrogen and oxygen atoms in total. The lowest BCUT2D eigenvalue weighted by Crippen LogP contribution is -2.27. The second-order valence-corrected chi connectivity index (χ2v) is 7.25. The van der Waals surface area contributed by atoms with Crippen LogP contribution in [0.25, 0.3) is 22.4 Å². The number of halogens is 1. The highest BCUT2D eigenvalue weighted by Gasteiger charge is 2.09. The Morgan fingerprint density at radius 1 is 1.16 bits per heavy atom. The van der Waals surface area contributed by atoms with Crippen LogP contribution in [0.4, 0.5) is 0 Å². The van der Waals surface area contributed by atoms with Gasteiger partial charge in [0.1, 0.15) is 21.7 Å². The number of furan rings is 1. The van der Waals surface area contributed by atoms with Crippen molar-refractivity contribution in [2.24, 2.45) is 0 Å². The predicted octanol–water partition coefficient (Wildman–Crippen LogP) is 2.39. The number of thiazole rings is 1. The standard InChI is InChI=1S/C17H10BrN3O3S/c1-9-15(22)19-17-21(20-9)16(23)14(25-17)8-12-6-7-13(24-12)10-2-4-11(18)5-3-10/h2-8H,1H3. The molecular formula is C17H10BrN3O3S. The fourth-order valence-corrected chi connectivity index (χ4v) is 3.46. The van der Waals surface area contributed by atoms with Gasteiger partial charge in [-0.2, -0.15) is 14.6 Å². The van der Waals surface area contributed by atoms with Crippen LogP contribution >= 0.6 is 27.3 Å². The van der Waals surface area contributed by atoms with Crippen LogP contribution in [-0.4, -0.2) is 14.6 Å². The number of benzene rings is 1. The number of aromatic nitrogens is 3. The van der Waals surface area contributed by atoms with E-state index in [2.05, 4.69) is 26.0 Å². The fraction of sp³-hybridized carbons (Fsp3) is 0.0588. The minimum atomic E-state index is -0.427. The first-order valence-corrected chi connectivity index (χ1v) is 8.90. The number of hydrogen-bond donors (Lipinski definition) is 0. The summed E-state index contributed by atoms with van der Waals surface area (Å²) in [6.07, 6.45) is 1.63. The van der Waals surface area contributed by atoms with E-state index >= 15 is 0 Å². The third-order valence-electron chi connectivity index (χ3n) is 3.57. The molecule has 0 aliphatic heterocycles. The van der Waals surface area contributed by atoms with Gasteiger partial charge in [-0.1, -0.05) is 39.4 Å². The molecule has 25 heavy (non-hydrogen) atoms. The van der Waals surface area contributed by atoms with Crippen LogP contribution in [-0.2, 0) is 0 Å². The minimum Gasteiger partial charge on any atom is -0.457 e. The van der Waals surface area contributed by atoms with Gasteiger partial charge >= 0.3 is 0 Å². The lowest BCUT2D eigenvalue weighted by Gasteiger charge is -1.96. The van der Waals surface area contributed by atoms with Gasteiger partial charge in [-0.3, -0.25) is 9.59 Å². The molecule has 0 spiro atoms. The van der Waals surface area contributed by atoms with Crippen molar-refractivity contribution in [2.45, 2.75) is 6.92 Å². The van der Waals surface area contributed by atoms with E-state index in [1.54, 1.807) is 12.1 Å². The number of fused-ring (bicyclic) bond motifs is 1. The van der Waals surface area contributed by atoms with E-state index in [-0.39, 0.29) is 16.2 Å². The molecule has 0 fully saturated rings. The third kappa shape index (κ3) is 2.94. The Labute approximate surface area is 153 Å². The van der Waals surface area contributed by atoms with Gasteiger partial charge in [-0.05, 0) is 31.2 Å². The lowest BCUT2D eigenvalue weighted by molar-refractivity contribution is 0.571. The number of aryl methyl sites for hydroxylation is 1. The van der Waals surface area contributed by atoms with Gasteiger partial charge in [0.2, 0.25) is 4.96 Å². The van der Waals surface area contributed by atoms with Crippen molar-refractivity contribution in [3.63, 3.8) is 0 Å². The molecule has 3 aromatic heterocycles. The molecular weight excluding hydrogens is 406 g/mol. The van der Waals surface area contributed by atoms with Crippen molar-refractivity contribution in [3.05, 3.63) is 77.6 Å². The first-order valence-electron chi connectivity index (χ1n) is 7.29. The molecule has 0 amide bonds. The van der Waals surface area contributed by atoms with Gasteiger partial charge in [0, 0.05) is 16.1 Å². The van der Waals surface area contributed by atoms with Gasteiger partial charge in [0.15, 0.2) is 0 Å². The van der Waals surface area contributed by atoms with E-state index in [9.17, 15) is 9.59 Å². The first kappa shape index (κ1) is 15.9. The van der Waals surface area contributed by atoms with Crippen LogP contribution in [0.2, 0.25) is 0 Å². The van der Waals surface area contributed by atoms with Crippen LogP contribution < -0.4 is 15.7 Å². The average molecular weight is 416 g/mol. The molecule has 4 rings (SSSR count). The fourth-order valence-electron chi connectivity index (χ4n) is 2.32. The highest BCUT2D eigenvalue weighted by Crippen LogP contribution is 2.24. The Kier molecular flexibility index (Phi) is 3.85. The molecule has 0 radical (unpaired) electrons. The normalized spacial score (nSPS) is 12.2. The zero-order chi connectivity index (χ0) is 17.6. The van der Waals surface area contributed by atoms with Crippen molar-refractivity contribution >= 4 is 38.3 Å². The Balaban J connectivity index is 1.80. The van der Waals surface area contributed by atoms with Crippen molar-refractivity contribution in [1.29, 1.82) is 0 Å². The van der Waals surface area contributed by atoms with Crippen LogP contribution in [0.3, 0.4) is 0 Å². The van der Waals surface area contributed by atoms with Crippen LogP contribution in [0.5, 0.6) is 0 Å². The quantitative estimate of drug-likeness (QED) is 0.502. The van der Waals surface area contributed by atoms with Crippen molar-refractivity contribution in [1.82, 2.24) is 14.6 Å². The van der Waals surface area contributed by atoms with Gasteiger partial charge in [0.25, 0.3) is 11.1 Å². The molecule has 3 heterocycles. The number of rotatable bonds is 2. The Morgan fingerprint density at radius 2 is 1.92 bits per heavy atom. The predicted molar refractivity (Wildman–Crippen MR) is 98.8 cm³/mol. The maximum Gasteiger partial charge on any atom is 0.295 e. The summed E-state index contributed by atoms with van der Waals surface area (Å²) in [5, 5.41) is 3.98. The van der Waals surface area contributed by atoms with Crippen molar-refractivity contribution in [2.75, 3.05) is 0 Å². The Hall–Kier alpha value is -2.58. The Bertz CT molecular complexity index is 1260. The first-order chi connectivity index (χ1) is 12.0. The molecule has 0 unspecified atom stereocenters. The lowest BCUT2D eigenvalue weighted by atomic mass is 10.2. The van der Waals surface area contributed by atoms with Crippen molar-refractivity contribution in [3.8, 4) is 11.3 Å². The van der Waals surface area contributed by atoms with Crippen LogP contribution in [0.1, 0.15) is 11.5 Å². The topological polar surface area (TPSA) is 77.5 Å². The van der Waals surface area contributed by atoms with Gasteiger partial charge < -0.3 is 4.42 Å². The summed E-state index contributed by atoms with van der Waals surface area (Å²) in [5.74, 6) is 1.25. The maximum absolute atomic E-state index is 12.4. The average Bonchev–Trinajstić information content (AvgIpc) is 3.16. The zero-order valence-corrected chi connectivity index (χ0v) is 15.3.